The van der Waals surface area contributed by atoms with Gasteiger partial charge in [-0.3, -0.25) is 0 Å². The largest absolute Gasteiger partial charge is 0.479 e. The van der Waals surface area contributed by atoms with Crippen LogP contribution in [0.25, 0.3) is 0 Å². The van der Waals surface area contributed by atoms with Gasteiger partial charge < -0.3 is 20.4 Å². The fourth-order valence-electron chi connectivity index (χ4n) is 2.29. The van der Waals surface area contributed by atoms with E-state index in [1.165, 1.54) is 4.90 Å². The summed E-state index contributed by atoms with van der Waals surface area (Å²) in [5.41, 5.74) is 0.519. The first kappa shape index (κ1) is 14.3. The van der Waals surface area contributed by atoms with E-state index < -0.39 is 24.1 Å². The van der Waals surface area contributed by atoms with E-state index in [4.69, 9.17) is 0 Å². The Morgan fingerprint density at radius 1 is 1.30 bits per heavy atom. The number of carbonyl (C=O) groups is 2. The number of rotatable bonds is 3. The van der Waals surface area contributed by atoms with Gasteiger partial charge in [0.05, 0.1) is 6.10 Å². The molecule has 6 heteroatoms. The number of nitrogens with zero attached hydrogens (tertiary/aromatic N) is 1. The third kappa shape index (κ3) is 3.48. The fraction of sp³-hybridized carbons (Fsp3) is 0.429. The molecular formula is C14H18N2O4. The third-order valence-corrected chi connectivity index (χ3v) is 3.33. The highest BCUT2D eigenvalue weighted by Crippen LogP contribution is 2.15. The summed E-state index contributed by atoms with van der Waals surface area (Å²) in [7, 11) is 0. The molecule has 2 amide bonds. The predicted molar refractivity (Wildman–Crippen MR) is 72.2 cm³/mol. The molecule has 1 heterocycles. The van der Waals surface area contributed by atoms with Crippen molar-refractivity contribution in [2.24, 2.45) is 0 Å². The van der Waals surface area contributed by atoms with Crippen LogP contribution in [0.2, 0.25) is 0 Å². The van der Waals surface area contributed by atoms with Crippen molar-refractivity contribution in [2.45, 2.75) is 25.0 Å². The summed E-state index contributed by atoms with van der Waals surface area (Å²) in [6.45, 7) is 0.775. The average Bonchev–Trinajstić information content (AvgIpc) is 2.45. The second-order valence-electron chi connectivity index (χ2n) is 4.87. The molecule has 0 saturated carbocycles. The highest BCUT2D eigenvalue weighted by Gasteiger charge is 2.27. The average molecular weight is 278 g/mol. The van der Waals surface area contributed by atoms with Crippen molar-refractivity contribution in [3.63, 3.8) is 0 Å². The lowest BCUT2D eigenvalue weighted by molar-refractivity contribution is -0.139. The SMILES string of the molecule is O=C(O)[C@@H](NC(=O)N1CCCC(O)C1)c1ccccc1. The minimum absolute atomic E-state index is 0.243. The molecular weight excluding hydrogens is 260 g/mol. The molecule has 6 nitrogen and oxygen atoms in total. The molecule has 1 fully saturated rings. The number of piperidine rings is 1. The topological polar surface area (TPSA) is 89.9 Å². The van der Waals surface area contributed by atoms with E-state index >= 15 is 0 Å². The van der Waals surface area contributed by atoms with Crippen LogP contribution >= 0.6 is 0 Å². The number of aliphatic hydroxyl groups excluding tert-OH is 1. The van der Waals surface area contributed by atoms with Gasteiger partial charge in [0.2, 0.25) is 0 Å². The number of carboxylic acid groups (broad SMARTS) is 1. The Balaban J connectivity index is 2.05. The highest BCUT2D eigenvalue weighted by atomic mass is 16.4. The van der Waals surface area contributed by atoms with Crippen LogP contribution in [-0.4, -0.2) is 46.3 Å². The van der Waals surface area contributed by atoms with Gasteiger partial charge >= 0.3 is 12.0 Å². The number of carbonyl (C=O) groups excluding carboxylic acids is 1. The van der Waals surface area contributed by atoms with E-state index in [-0.39, 0.29) is 6.54 Å². The number of benzene rings is 1. The van der Waals surface area contributed by atoms with E-state index in [1.807, 2.05) is 0 Å². The van der Waals surface area contributed by atoms with Crippen LogP contribution in [0, 0.1) is 0 Å². The summed E-state index contributed by atoms with van der Waals surface area (Å²) < 4.78 is 0. The number of hydrogen-bond acceptors (Lipinski definition) is 3. The lowest BCUT2D eigenvalue weighted by atomic mass is 10.1. The Morgan fingerprint density at radius 3 is 2.60 bits per heavy atom. The molecule has 0 bridgehead atoms. The van der Waals surface area contributed by atoms with Crippen LogP contribution in [0.1, 0.15) is 24.4 Å². The van der Waals surface area contributed by atoms with Gasteiger partial charge in [0.15, 0.2) is 6.04 Å². The van der Waals surface area contributed by atoms with E-state index in [0.717, 1.165) is 6.42 Å². The standard InChI is InChI=1S/C14H18N2O4/c17-11-7-4-8-16(9-11)14(20)15-12(13(18)19)10-5-2-1-3-6-10/h1-3,5-6,11-12,17H,4,7-9H2,(H,15,20)(H,18,19)/t11?,12-/m0/s1. The van der Waals surface area contributed by atoms with Gasteiger partial charge in [0.25, 0.3) is 0 Å². The van der Waals surface area contributed by atoms with Crippen molar-refractivity contribution in [3.05, 3.63) is 35.9 Å². The zero-order valence-corrected chi connectivity index (χ0v) is 11.0. The normalized spacial score (nSPS) is 20.2. The molecule has 0 aliphatic carbocycles. The first-order valence-electron chi connectivity index (χ1n) is 6.59. The number of hydrogen-bond donors (Lipinski definition) is 3. The Kier molecular flexibility index (Phi) is 4.57. The molecule has 1 unspecified atom stereocenters. The predicted octanol–water partition coefficient (Wildman–Crippen LogP) is 0.979. The summed E-state index contributed by atoms with van der Waals surface area (Å²) >= 11 is 0. The second kappa shape index (κ2) is 6.38. The minimum atomic E-state index is -1.11. The number of amides is 2. The van der Waals surface area contributed by atoms with Crippen molar-refractivity contribution < 1.29 is 19.8 Å². The third-order valence-electron chi connectivity index (χ3n) is 3.33. The van der Waals surface area contributed by atoms with Crippen LogP contribution in [0.3, 0.4) is 0 Å². The van der Waals surface area contributed by atoms with E-state index in [1.54, 1.807) is 30.3 Å². The summed E-state index contributed by atoms with van der Waals surface area (Å²) in [6.07, 6.45) is 0.858. The number of nitrogens with one attached hydrogen (secondary N) is 1. The van der Waals surface area contributed by atoms with Gasteiger partial charge in [-0.2, -0.15) is 0 Å². The Bertz CT molecular complexity index is 477. The van der Waals surface area contributed by atoms with Gasteiger partial charge in [-0.05, 0) is 18.4 Å². The van der Waals surface area contributed by atoms with Crippen LogP contribution in [0.4, 0.5) is 4.79 Å². The lowest BCUT2D eigenvalue weighted by Crippen LogP contribution is -2.49. The number of urea groups is 1. The number of carboxylic acids is 1. The monoisotopic (exact) mass is 278 g/mol. The first-order valence-corrected chi connectivity index (χ1v) is 6.59. The van der Waals surface area contributed by atoms with E-state index in [2.05, 4.69) is 5.32 Å². The molecule has 1 aliphatic heterocycles. The van der Waals surface area contributed by atoms with Crippen LogP contribution in [-0.2, 0) is 4.79 Å². The van der Waals surface area contributed by atoms with Crippen LogP contribution in [0.5, 0.6) is 0 Å². The summed E-state index contributed by atoms with van der Waals surface area (Å²) in [6, 6.07) is 7.01. The Labute approximate surface area is 117 Å². The zero-order valence-electron chi connectivity index (χ0n) is 11.0. The molecule has 20 heavy (non-hydrogen) atoms. The number of likely N-dealkylation sites (tertiary alicyclic amines) is 1. The molecule has 1 aromatic rings. The summed E-state index contributed by atoms with van der Waals surface area (Å²) in [5, 5.41) is 21.3. The molecule has 0 radical (unpaired) electrons. The van der Waals surface area contributed by atoms with Crippen LogP contribution < -0.4 is 5.32 Å². The van der Waals surface area contributed by atoms with Crippen LogP contribution in [0.15, 0.2) is 30.3 Å². The maximum absolute atomic E-state index is 12.1. The van der Waals surface area contributed by atoms with Gasteiger partial charge in [0.1, 0.15) is 0 Å². The number of aliphatic hydroxyl groups is 1. The number of aliphatic carboxylic acids is 1. The van der Waals surface area contributed by atoms with Crippen molar-refractivity contribution >= 4 is 12.0 Å². The molecule has 1 saturated heterocycles. The highest BCUT2D eigenvalue weighted by molar-refractivity contribution is 5.83. The Morgan fingerprint density at radius 2 is 2.00 bits per heavy atom. The van der Waals surface area contributed by atoms with E-state index in [0.29, 0.717) is 18.5 Å². The Hall–Kier alpha value is -2.08. The molecule has 108 valence electrons. The smallest absolute Gasteiger partial charge is 0.330 e. The first-order chi connectivity index (χ1) is 9.58. The molecule has 1 aliphatic rings. The lowest BCUT2D eigenvalue weighted by Gasteiger charge is -2.31. The van der Waals surface area contributed by atoms with Gasteiger partial charge in [-0.25, -0.2) is 9.59 Å². The molecule has 2 atom stereocenters. The molecule has 2 rings (SSSR count). The molecule has 3 N–H and O–H groups in total. The van der Waals surface area contributed by atoms with Gasteiger partial charge in [-0.1, -0.05) is 30.3 Å². The maximum atomic E-state index is 12.1. The van der Waals surface area contributed by atoms with Crippen molar-refractivity contribution in [3.8, 4) is 0 Å². The molecule has 1 aromatic carbocycles. The second-order valence-corrected chi connectivity index (χ2v) is 4.87. The van der Waals surface area contributed by atoms with Gasteiger partial charge in [0, 0.05) is 13.1 Å². The summed E-state index contributed by atoms with van der Waals surface area (Å²) in [4.78, 5) is 24.8. The van der Waals surface area contributed by atoms with Crippen molar-refractivity contribution in [2.75, 3.05) is 13.1 Å². The van der Waals surface area contributed by atoms with Gasteiger partial charge in [-0.15, -0.1) is 0 Å². The van der Waals surface area contributed by atoms with E-state index in [9.17, 15) is 19.8 Å². The van der Waals surface area contributed by atoms with Crippen molar-refractivity contribution in [1.29, 1.82) is 0 Å². The quantitative estimate of drug-likeness (QED) is 0.768. The van der Waals surface area contributed by atoms with Crippen molar-refractivity contribution in [1.82, 2.24) is 10.2 Å². The zero-order chi connectivity index (χ0) is 14.5. The number of β-amino-alcohol motifs (C(OH)–C–C–N with tert-alkyl or cyclic N) is 1. The fourth-order valence-corrected chi connectivity index (χ4v) is 2.29. The molecule has 0 aromatic heterocycles. The summed E-state index contributed by atoms with van der Waals surface area (Å²) in [5.74, 6) is -1.11. The minimum Gasteiger partial charge on any atom is -0.479 e. The molecule has 0 spiro atoms. The maximum Gasteiger partial charge on any atom is 0.330 e.